The van der Waals surface area contributed by atoms with E-state index < -0.39 is 10.0 Å². The SMILES string of the molecule is CCOC(=O)N1CCC(NC(=O)/C=C/c2ccc(S(=O)(=O)Nc3ccccc3OC)cc2)CC1. The number of benzene rings is 2. The molecule has 1 heterocycles. The standard InChI is InChI=1S/C24H29N3O6S/c1-3-33-24(29)27-16-14-19(15-17-27)25-23(28)13-10-18-8-11-20(12-9-18)34(30,31)26-21-6-4-5-7-22(21)32-2/h4-13,19,26H,3,14-17H2,1-2H3,(H,25,28)/b13-10+. The molecule has 2 amide bonds. The third-order valence-corrected chi connectivity index (χ3v) is 6.72. The molecule has 1 aliphatic heterocycles. The van der Waals surface area contributed by atoms with E-state index >= 15 is 0 Å². The van der Waals surface area contributed by atoms with Crippen LogP contribution in [0.15, 0.2) is 59.5 Å². The Hall–Kier alpha value is -3.53. The van der Waals surface area contributed by atoms with Crippen LogP contribution in [0.2, 0.25) is 0 Å². The van der Waals surface area contributed by atoms with Gasteiger partial charge in [-0.25, -0.2) is 13.2 Å². The van der Waals surface area contributed by atoms with Crippen LogP contribution in [-0.4, -0.2) is 58.2 Å². The number of para-hydroxylation sites is 2. The van der Waals surface area contributed by atoms with Gasteiger partial charge in [0.1, 0.15) is 5.75 Å². The highest BCUT2D eigenvalue weighted by Gasteiger charge is 2.24. The molecule has 1 aliphatic rings. The fourth-order valence-electron chi connectivity index (χ4n) is 3.53. The zero-order valence-corrected chi connectivity index (χ0v) is 20.0. The first-order valence-corrected chi connectivity index (χ1v) is 12.5. The van der Waals surface area contributed by atoms with Gasteiger partial charge in [-0.3, -0.25) is 9.52 Å². The molecule has 34 heavy (non-hydrogen) atoms. The number of sulfonamides is 1. The molecule has 0 saturated carbocycles. The number of anilines is 1. The first-order chi connectivity index (χ1) is 16.3. The summed E-state index contributed by atoms with van der Waals surface area (Å²) in [6.07, 6.45) is 4.02. The Kier molecular flexibility index (Phi) is 8.53. The van der Waals surface area contributed by atoms with Crippen molar-refractivity contribution in [3.63, 3.8) is 0 Å². The molecule has 0 aromatic heterocycles. The van der Waals surface area contributed by atoms with Crippen LogP contribution in [0.1, 0.15) is 25.3 Å². The first-order valence-electron chi connectivity index (χ1n) is 11.0. The largest absolute Gasteiger partial charge is 0.495 e. The van der Waals surface area contributed by atoms with Crippen molar-refractivity contribution in [2.45, 2.75) is 30.7 Å². The number of likely N-dealkylation sites (tertiary alicyclic amines) is 1. The van der Waals surface area contributed by atoms with Crippen LogP contribution in [-0.2, 0) is 19.6 Å². The summed E-state index contributed by atoms with van der Waals surface area (Å²) in [6.45, 7) is 3.17. The van der Waals surface area contributed by atoms with E-state index in [1.165, 1.54) is 25.3 Å². The lowest BCUT2D eigenvalue weighted by Crippen LogP contribution is -2.46. The molecule has 0 aliphatic carbocycles. The maximum Gasteiger partial charge on any atom is 0.409 e. The van der Waals surface area contributed by atoms with Gasteiger partial charge in [0, 0.05) is 25.2 Å². The van der Waals surface area contributed by atoms with Crippen LogP contribution >= 0.6 is 0 Å². The van der Waals surface area contributed by atoms with E-state index in [1.807, 2.05) is 0 Å². The molecule has 0 spiro atoms. The van der Waals surface area contributed by atoms with E-state index in [0.717, 1.165) is 0 Å². The third-order valence-electron chi connectivity index (χ3n) is 5.34. The number of carbonyl (C=O) groups is 2. The Bertz CT molecular complexity index is 1120. The Balaban J connectivity index is 1.53. The van der Waals surface area contributed by atoms with Crippen LogP contribution in [0.3, 0.4) is 0 Å². The van der Waals surface area contributed by atoms with Gasteiger partial charge in [-0.15, -0.1) is 0 Å². The molecular weight excluding hydrogens is 458 g/mol. The van der Waals surface area contributed by atoms with E-state index in [2.05, 4.69) is 10.0 Å². The Labute approximate surface area is 199 Å². The lowest BCUT2D eigenvalue weighted by Gasteiger charge is -2.31. The summed E-state index contributed by atoms with van der Waals surface area (Å²) in [7, 11) is -2.33. The highest BCUT2D eigenvalue weighted by Crippen LogP contribution is 2.26. The van der Waals surface area contributed by atoms with Crippen molar-refractivity contribution in [3.05, 3.63) is 60.2 Å². The van der Waals surface area contributed by atoms with Gasteiger partial charge in [-0.05, 0) is 55.7 Å². The molecule has 2 aromatic carbocycles. The maximum atomic E-state index is 12.7. The summed E-state index contributed by atoms with van der Waals surface area (Å²) >= 11 is 0. The number of amides is 2. The molecule has 182 valence electrons. The van der Waals surface area contributed by atoms with Gasteiger partial charge in [0.25, 0.3) is 10.0 Å². The summed E-state index contributed by atoms with van der Waals surface area (Å²) < 4.78 is 38.1. The summed E-state index contributed by atoms with van der Waals surface area (Å²) in [6, 6.07) is 12.9. The van der Waals surface area contributed by atoms with Crippen molar-refractivity contribution < 1.29 is 27.5 Å². The van der Waals surface area contributed by atoms with Gasteiger partial charge in [-0.1, -0.05) is 24.3 Å². The number of rotatable bonds is 8. The number of methoxy groups -OCH3 is 1. The quantitative estimate of drug-likeness (QED) is 0.553. The summed E-state index contributed by atoms with van der Waals surface area (Å²) in [5.41, 5.74) is 1.03. The molecule has 0 atom stereocenters. The number of hydrogen-bond acceptors (Lipinski definition) is 6. The number of hydrogen-bond donors (Lipinski definition) is 2. The first kappa shape index (κ1) is 25.1. The summed E-state index contributed by atoms with van der Waals surface area (Å²) in [5, 5.41) is 2.93. The zero-order valence-electron chi connectivity index (χ0n) is 19.2. The minimum Gasteiger partial charge on any atom is -0.495 e. The molecule has 1 fully saturated rings. The molecule has 0 bridgehead atoms. The van der Waals surface area contributed by atoms with E-state index in [1.54, 1.807) is 54.3 Å². The van der Waals surface area contributed by atoms with Crippen molar-refractivity contribution in [2.75, 3.05) is 31.5 Å². The van der Waals surface area contributed by atoms with Crippen LogP contribution < -0.4 is 14.8 Å². The van der Waals surface area contributed by atoms with Gasteiger partial charge in [-0.2, -0.15) is 0 Å². The molecule has 9 nitrogen and oxygen atoms in total. The topological polar surface area (TPSA) is 114 Å². The number of nitrogens with one attached hydrogen (secondary N) is 2. The van der Waals surface area contributed by atoms with E-state index in [0.29, 0.717) is 49.5 Å². The van der Waals surface area contributed by atoms with Gasteiger partial charge in [0.05, 0.1) is 24.3 Å². The predicted molar refractivity (Wildman–Crippen MR) is 129 cm³/mol. The number of piperidine rings is 1. The fraction of sp³-hybridized carbons (Fsp3) is 0.333. The highest BCUT2D eigenvalue weighted by atomic mass is 32.2. The van der Waals surface area contributed by atoms with Gasteiger partial charge >= 0.3 is 6.09 Å². The molecule has 0 radical (unpaired) electrons. The lowest BCUT2D eigenvalue weighted by atomic mass is 10.1. The lowest BCUT2D eigenvalue weighted by molar-refractivity contribution is -0.117. The minimum absolute atomic E-state index is 0.0172. The van der Waals surface area contributed by atoms with Crippen LogP contribution in [0.5, 0.6) is 5.75 Å². The Morgan fingerprint density at radius 3 is 2.41 bits per heavy atom. The van der Waals surface area contributed by atoms with E-state index in [4.69, 9.17) is 9.47 Å². The monoisotopic (exact) mass is 487 g/mol. The third kappa shape index (κ3) is 6.74. The van der Waals surface area contributed by atoms with Crippen molar-refractivity contribution in [3.8, 4) is 5.75 Å². The molecule has 1 saturated heterocycles. The Morgan fingerprint density at radius 2 is 1.76 bits per heavy atom. The van der Waals surface area contributed by atoms with Crippen LogP contribution in [0.4, 0.5) is 10.5 Å². The average molecular weight is 488 g/mol. The predicted octanol–water partition coefficient (Wildman–Crippen LogP) is 3.25. The summed E-state index contributed by atoms with van der Waals surface area (Å²) in [5.74, 6) is 0.173. The van der Waals surface area contributed by atoms with Gasteiger partial charge < -0.3 is 19.7 Å². The van der Waals surface area contributed by atoms with Gasteiger partial charge in [0.15, 0.2) is 0 Å². The second kappa shape index (κ2) is 11.6. The molecule has 0 unspecified atom stereocenters. The Morgan fingerprint density at radius 1 is 1.09 bits per heavy atom. The van der Waals surface area contributed by atoms with Crippen LogP contribution in [0.25, 0.3) is 6.08 Å². The maximum absolute atomic E-state index is 12.7. The molecular formula is C24H29N3O6S. The zero-order chi connectivity index (χ0) is 24.6. The summed E-state index contributed by atoms with van der Waals surface area (Å²) in [4.78, 5) is 25.8. The van der Waals surface area contributed by atoms with E-state index in [-0.39, 0.29) is 22.9 Å². The number of carbonyl (C=O) groups excluding carboxylic acids is 2. The van der Waals surface area contributed by atoms with Crippen LogP contribution in [0, 0.1) is 0 Å². The average Bonchev–Trinajstić information content (AvgIpc) is 2.84. The molecule has 2 aromatic rings. The molecule has 10 heteroatoms. The van der Waals surface area contributed by atoms with Crippen molar-refractivity contribution in [2.24, 2.45) is 0 Å². The fourth-order valence-corrected chi connectivity index (χ4v) is 4.60. The minimum atomic E-state index is -3.80. The van der Waals surface area contributed by atoms with Crippen molar-refractivity contribution >= 4 is 33.8 Å². The normalized spacial score (nSPS) is 14.6. The van der Waals surface area contributed by atoms with Crippen molar-refractivity contribution in [1.82, 2.24) is 10.2 Å². The second-order valence-electron chi connectivity index (χ2n) is 7.68. The molecule has 3 rings (SSSR count). The highest BCUT2D eigenvalue weighted by molar-refractivity contribution is 7.92. The van der Waals surface area contributed by atoms with Crippen molar-refractivity contribution in [1.29, 1.82) is 0 Å². The smallest absolute Gasteiger partial charge is 0.409 e. The number of ether oxygens (including phenoxy) is 2. The van der Waals surface area contributed by atoms with E-state index in [9.17, 15) is 18.0 Å². The second-order valence-corrected chi connectivity index (χ2v) is 9.36. The van der Waals surface area contributed by atoms with Gasteiger partial charge in [0.2, 0.25) is 5.91 Å². The molecule has 2 N–H and O–H groups in total. The number of nitrogens with zero attached hydrogens (tertiary/aromatic N) is 1.